The molecule has 1 aliphatic heterocycles. The Kier molecular flexibility index (Phi) is 3.62. The van der Waals surface area contributed by atoms with Crippen molar-refractivity contribution in [1.29, 1.82) is 0 Å². The highest BCUT2D eigenvalue weighted by atomic mass is 79.9. The van der Waals surface area contributed by atoms with Crippen molar-refractivity contribution in [3.05, 3.63) is 22.7 Å². The molecular weight excluding hydrogens is 322 g/mol. The molecule has 2 aromatic rings. The molecule has 1 atom stereocenters. The molecule has 0 radical (unpaired) electrons. The molecule has 7 heteroatoms. The molecule has 3 rings (SSSR count). The van der Waals surface area contributed by atoms with Crippen molar-refractivity contribution in [3.8, 4) is 17.1 Å². The summed E-state index contributed by atoms with van der Waals surface area (Å²) in [5.41, 5.74) is 0.648. The quantitative estimate of drug-likeness (QED) is 0.778. The highest BCUT2D eigenvalue weighted by Gasteiger charge is 2.20. The highest BCUT2D eigenvalue weighted by Crippen LogP contribution is 2.30. The Bertz CT molecular complexity index is 615. The van der Waals surface area contributed by atoms with E-state index in [1.54, 1.807) is 6.07 Å². The molecule has 0 unspecified atom stereocenters. The van der Waals surface area contributed by atoms with Crippen LogP contribution in [0.1, 0.15) is 6.92 Å². The number of phenols is 1. The number of aromatic amines is 1. The molecule has 6 nitrogen and oxygen atoms in total. The van der Waals surface area contributed by atoms with Crippen LogP contribution in [0.4, 0.5) is 5.95 Å². The van der Waals surface area contributed by atoms with Crippen LogP contribution >= 0.6 is 15.9 Å². The van der Waals surface area contributed by atoms with Gasteiger partial charge in [-0.2, -0.15) is 4.98 Å². The Balaban J connectivity index is 1.86. The van der Waals surface area contributed by atoms with Crippen LogP contribution in [0.25, 0.3) is 11.4 Å². The van der Waals surface area contributed by atoms with E-state index < -0.39 is 0 Å². The van der Waals surface area contributed by atoms with Crippen LogP contribution in [0.2, 0.25) is 0 Å². The topological polar surface area (TPSA) is 77.1 Å². The van der Waals surface area contributed by atoms with Gasteiger partial charge in [0, 0.05) is 30.1 Å². The minimum Gasteiger partial charge on any atom is -0.507 e. The molecular formula is C13H16BrN5O. The second kappa shape index (κ2) is 5.41. The van der Waals surface area contributed by atoms with E-state index in [0.717, 1.165) is 24.1 Å². The third-order valence-electron chi connectivity index (χ3n) is 3.34. The van der Waals surface area contributed by atoms with Crippen molar-refractivity contribution in [1.82, 2.24) is 20.5 Å². The zero-order valence-electron chi connectivity index (χ0n) is 11.1. The first-order valence-electron chi connectivity index (χ1n) is 6.53. The zero-order chi connectivity index (χ0) is 14.1. The van der Waals surface area contributed by atoms with Crippen molar-refractivity contribution in [2.45, 2.75) is 13.0 Å². The van der Waals surface area contributed by atoms with Gasteiger partial charge in [0.1, 0.15) is 5.75 Å². The number of rotatable bonds is 2. The summed E-state index contributed by atoms with van der Waals surface area (Å²) in [4.78, 5) is 6.62. The molecule has 0 saturated carbocycles. The van der Waals surface area contributed by atoms with Crippen LogP contribution in [0.3, 0.4) is 0 Å². The predicted octanol–water partition coefficient (Wildman–Crippen LogP) is 1.74. The Morgan fingerprint density at radius 3 is 3.05 bits per heavy atom. The summed E-state index contributed by atoms with van der Waals surface area (Å²) in [5, 5.41) is 20.5. The summed E-state index contributed by atoms with van der Waals surface area (Å²) in [6.45, 7) is 4.83. The van der Waals surface area contributed by atoms with Crippen LogP contribution in [-0.2, 0) is 0 Å². The predicted molar refractivity (Wildman–Crippen MR) is 80.9 cm³/mol. The monoisotopic (exact) mass is 337 g/mol. The highest BCUT2D eigenvalue weighted by molar-refractivity contribution is 9.10. The van der Waals surface area contributed by atoms with Crippen molar-refractivity contribution in [2.24, 2.45) is 0 Å². The number of anilines is 1. The van der Waals surface area contributed by atoms with Gasteiger partial charge in [-0.1, -0.05) is 15.9 Å². The molecule has 0 spiro atoms. The lowest BCUT2D eigenvalue weighted by atomic mass is 10.2. The van der Waals surface area contributed by atoms with Crippen molar-refractivity contribution in [2.75, 3.05) is 24.5 Å². The number of aromatic nitrogens is 3. The summed E-state index contributed by atoms with van der Waals surface area (Å²) < 4.78 is 0.828. The summed E-state index contributed by atoms with van der Waals surface area (Å²) in [5.74, 6) is 1.43. The first-order chi connectivity index (χ1) is 9.63. The number of aromatic hydroxyl groups is 1. The molecule has 1 fully saturated rings. The Labute approximate surface area is 125 Å². The maximum absolute atomic E-state index is 9.97. The van der Waals surface area contributed by atoms with Crippen LogP contribution < -0.4 is 10.2 Å². The third kappa shape index (κ3) is 2.64. The minimum absolute atomic E-state index is 0.177. The van der Waals surface area contributed by atoms with Gasteiger partial charge in [-0.3, -0.25) is 5.10 Å². The van der Waals surface area contributed by atoms with E-state index in [1.807, 2.05) is 12.1 Å². The van der Waals surface area contributed by atoms with Gasteiger partial charge in [-0.25, -0.2) is 0 Å². The fourth-order valence-electron chi connectivity index (χ4n) is 2.33. The second-order valence-electron chi connectivity index (χ2n) is 4.95. The average molecular weight is 338 g/mol. The molecule has 1 aliphatic rings. The van der Waals surface area contributed by atoms with Gasteiger partial charge in [0.2, 0.25) is 5.95 Å². The van der Waals surface area contributed by atoms with E-state index in [1.165, 1.54) is 0 Å². The van der Waals surface area contributed by atoms with Gasteiger partial charge in [-0.15, -0.1) is 5.10 Å². The molecule has 20 heavy (non-hydrogen) atoms. The smallest absolute Gasteiger partial charge is 0.245 e. The lowest BCUT2D eigenvalue weighted by Crippen LogP contribution is -2.49. The molecule has 106 valence electrons. The van der Waals surface area contributed by atoms with Gasteiger partial charge in [-0.05, 0) is 25.1 Å². The van der Waals surface area contributed by atoms with E-state index in [0.29, 0.717) is 23.4 Å². The number of nitrogens with zero attached hydrogens (tertiary/aromatic N) is 3. The molecule has 1 aromatic carbocycles. The first-order valence-corrected chi connectivity index (χ1v) is 7.32. The van der Waals surface area contributed by atoms with E-state index in [9.17, 15) is 5.11 Å². The van der Waals surface area contributed by atoms with Crippen molar-refractivity contribution in [3.63, 3.8) is 0 Å². The van der Waals surface area contributed by atoms with Crippen molar-refractivity contribution >= 4 is 21.9 Å². The molecule has 0 bridgehead atoms. The fraction of sp³-hybridized carbons (Fsp3) is 0.385. The van der Waals surface area contributed by atoms with E-state index in [2.05, 4.69) is 48.3 Å². The van der Waals surface area contributed by atoms with E-state index in [-0.39, 0.29) is 5.75 Å². The van der Waals surface area contributed by atoms with E-state index in [4.69, 9.17) is 0 Å². The van der Waals surface area contributed by atoms with Gasteiger partial charge >= 0.3 is 0 Å². The molecule has 1 saturated heterocycles. The number of hydrogen-bond donors (Lipinski definition) is 3. The number of nitrogens with one attached hydrogen (secondary N) is 2. The fourth-order valence-corrected chi connectivity index (χ4v) is 2.68. The van der Waals surface area contributed by atoms with Crippen molar-refractivity contribution < 1.29 is 5.11 Å². The van der Waals surface area contributed by atoms with Crippen LogP contribution in [0, 0.1) is 0 Å². The Hall–Kier alpha value is -1.60. The summed E-state index contributed by atoms with van der Waals surface area (Å²) >= 11 is 3.32. The molecule has 2 heterocycles. The molecule has 0 amide bonds. The molecule has 0 aliphatic carbocycles. The second-order valence-corrected chi connectivity index (χ2v) is 5.86. The number of benzene rings is 1. The van der Waals surface area contributed by atoms with Gasteiger partial charge in [0.25, 0.3) is 0 Å². The van der Waals surface area contributed by atoms with Gasteiger partial charge in [0.05, 0.1) is 5.56 Å². The third-order valence-corrected chi connectivity index (χ3v) is 3.83. The summed E-state index contributed by atoms with van der Waals surface area (Å²) in [6.07, 6.45) is 0. The largest absolute Gasteiger partial charge is 0.507 e. The lowest BCUT2D eigenvalue weighted by molar-refractivity contribution is 0.476. The first kappa shape index (κ1) is 13.4. The molecule has 1 aromatic heterocycles. The number of H-pyrrole nitrogens is 1. The van der Waals surface area contributed by atoms with Crippen LogP contribution in [0.5, 0.6) is 5.75 Å². The SMILES string of the molecule is C[C@H]1CN(c2n[nH]c(-c3ccc(Br)cc3O)n2)CCN1. The summed E-state index contributed by atoms with van der Waals surface area (Å²) in [7, 11) is 0. The number of piperazine rings is 1. The summed E-state index contributed by atoms with van der Waals surface area (Å²) in [6, 6.07) is 5.74. The van der Waals surface area contributed by atoms with Crippen LogP contribution in [-0.4, -0.2) is 46.0 Å². The standard InChI is InChI=1S/C13H16BrN5O/c1-8-7-19(5-4-15-8)13-16-12(17-18-13)10-3-2-9(14)6-11(10)20/h2-3,6,8,15,20H,4-5,7H2,1H3,(H,16,17,18)/t8-/m0/s1. The maximum atomic E-state index is 9.97. The number of halogens is 1. The zero-order valence-corrected chi connectivity index (χ0v) is 12.7. The maximum Gasteiger partial charge on any atom is 0.245 e. The number of hydrogen-bond acceptors (Lipinski definition) is 5. The van der Waals surface area contributed by atoms with Crippen LogP contribution in [0.15, 0.2) is 22.7 Å². The van der Waals surface area contributed by atoms with Gasteiger partial charge in [0.15, 0.2) is 5.82 Å². The van der Waals surface area contributed by atoms with E-state index >= 15 is 0 Å². The van der Waals surface area contributed by atoms with Gasteiger partial charge < -0.3 is 15.3 Å². The average Bonchev–Trinajstić information content (AvgIpc) is 2.88. The lowest BCUT2D eigenvalue weighted by Gasteiger charge is -2.30. The minimum atomic E-state index is 0.177. The normalized spacial score (nSPS) is 19.3. The Morgan fingerprint density at radius 2 is 2.30 bits per heavy atom. The number of phenolic OH excluding ortho intramolecular Hbond substituents is 1. The Morgan fingerprint density at radius 1 is 1.45 bits per heavy atom. The molecule has 3 N–H and O–H groups in total.